The summed E-state index contributed by atoms with van der Waals surface area (Å²) in [6, 6.07) is 11.8. The Morgan fingerprint density at radius 1 is 1.20 bits per heavy atom. The molecule has 1 heterocycles. The van der Waals surface area contributed by atoms with E-state index < -0.39 is 0 Å². The first-order valence-electron chi connectivity index (χ1n) is 4.80. The summed E-state index contributed by atoms with van der Waals surface area (Å²) in [5.41, 5.74) is 7.20. The molecular formula is C12H12BrNO. The molecule has 0 aliphatic carbocycles. The van der Waals surface area contributed by atoms with Crippen LogP contribution < -0.4 is 5.73 Å². The van der Waals surface area contributed by atoms with E-state index in [0.29, 0.717) is 0 Å². The summed E-state index contributed by atoms with van der Waals surface area (Å²) in [6.07, 6.45) is 2.39. The zero-order chi connectivity index (χ0) is 10.7. The molecule has 0 spiro atoms. The monoisotopic (exact) mass is 265 g/mol. The average Bonchev–Trinajstić information content (AvgIpc) is 2.71. The molecule has 2 nitrogen and oxygen atoms in total. The second kappa shape index (κ2) is 4.64. The van der Waals surface area contributed by atoms with E-state index in [1.54, 1.807) is 6.26 Å². The van der Waals surface area contributed by atoms with Gasteiger partial charge in [-0.15, -0.1) is 0 Å². The Morgan fingerprint density at radius 2 is 2.00 bits per heavy atom. The van der Waals surface area contributed by atoms with Crippen LogP contribution in [-0.4, -0.2) is 0 Å². The van der Waals surface area contributed by atoms with E-state index in [-0.39, 0.29) is 6.04 Å². The number of halogens is 1. The van der Waals surface area contributed by atoms with Crippen LogP contribution in [0.15, 0.2) is 51.6 Å². The normalized spacial score (nSPS) is 12.7. The lowest BCUT2D eigenvalue weighted by Gasteiger charge is -2.11. The Bertz CT molecular complexity index is 425. The average molecular weight is 266 g/mol. The SMILES string of the molecule is NC(Cc1ccco1)c1ccccc1Br. The molecule has 0 aliphatic rings. The summed E-state index contributed by atoms with van der Waals surface area (Å²) < 4.78 is 6.32. The second-order valence-corrected chi connectivity index (χ2v) is 4.27. The van der Waals surface area contributed by atoms with Crippen molar-refractivity contribution in [1.29, 1.82) is 0 Å². The van der Waals surface area contributed by atoms with Crippen LogP contribution >= 0.6 is 15.9 Å². The number of nitrogens with two attached hydrogens (primary N) is 1. The van der Waals surface area contributed by atoms with E-state index in [9.17, 15) is 0 Å². The van der Waals surface area contributed by atoms with Gasteiger partial charge < -0.3 is 10.2 Å². The first kappa shape index (κ1) is 10.5. The standard InChI is InChI=1S/C12H12BrNO/c13-11-6-2-1-5-10(11)12(14)8-9-4-3-7-15-9/h1-7,12H,8,14H2. The lowest BCUT2D eigenvalue weighted by molar-refractivity contribution is 0.488. The molecular weight excluding hydrogens is 254 g/mol. The fourth-order valence-corrected chi connectivity index (χ4v) is 2.11. The number of hydrogen-bond donors (Lipinski definition) is 1. The third-order valence-electron chi connectivity index (χ3n) is 2.31. The van der Waals surface area contributed by atoms with Gasteiger partial charge in [0, 0.05) is 16.9 Å². The van der Waals surface area contributed by atoms with Crippen molar-refractivity contribution in [3.8, 4) is 0 Å². The van der Waals surface area contributed by atoms with Crippen LogP contribution in [0, 0.1) is 0 Å². The lowest BCUT2D eigenvalue weighted by atomic mass is 10.0. The summed E-state index contributed by atoms with van der Waals surface area (Å²) >= 11 is 3.49. The molecule has 1 unspecified atom stereocenters. The second-order valence-electron chi connectivity index (χ2n) is 3.41. The van der Waals surface area contributed by atoms with Gasteiger partial charge in [-0.25, -0.2) is 0 Å². The van der Waals surface area contributed by atoms with Gasteiger partial charge in [0.2, 0.25) is 0 Å². The van der Waals surface area contributed by atoms with E-state index in [2.05, 4.69) is 15.9 Å². The van der Waals surface area contributed by atoms with Crippen molar-refractivity contribution in [2.75, 3.05) is 0 Å². The number of rotatable bonds is 3. The minimum atomic E-state index is -0.0354. The van der Waals surface area contributed by atoms with Crippen molar-refractivity contribution in [3.63, 3.8) is 0 Å². The van der Waals surface area contributed by atoms with Crippen LogP contribution in [0.4, 0.5) is 0 Å². The molecule has 0 amide bonds. The molecule has 0 aliphatic heterocycles. The smallest absolute Gasteiger partial charge is 0.105 e. The summed E-state index contributed by atoms with van der Waals surface area (Å²) in [4.78, 5) is 0. The van der Waals surface area contributed by atoms with Crippen molar-refractivity contribution in [2.45, 2.75) is 12.5 Å². The van der Waals surface area contributed by atoms with Gasteiger partial charge in [0.1, 0.15) is 5.76 Å². The Labute approximate surface area is 97.2 Å². The number of hydrogen-bond acceptors (Lipinski definition) is 2. The molecule has 2 N–H and O–H groups in total. The van der Waals surface area contributed by atoms with Gasteiger partial charge in [-0.1, -0.05) is 34.1 Å². The van der Waals surface area contributed by atoms with Crippen molar-refractivity contribution in [1.82, 2.24) is 0 Å². The molecule has 0 saturated carbocycles. The van der Waals surface area contributed by atoms with E-state index in [1.807, 2.05) is 36.4 Å². The number of benzene rings is 1. The Kier molecular flexibility index (Phi) is 3.23. The zero-order valence-corrected chi connectivity index (χ0v) is 9.78. The maximum atomic E-state index is 6.10. The molecule has 78 valence electrons. The molecule has 0 fully saturated rings. The predicted octanol–water partition coefficient (Wildman–Crippen LogP) is 3.28. The van der Waals surface area contributed by atoms with Crippen LogP contribution in [-0.2, 0) is 6.42 Å². The van der Waals surface area contributed by atoms with Gasteiger partial charge in [0.15, 0.2) is 0 Å². The van der Waals surface area contributed by atoms with E-state index >= 15 is 0 Å². The van der Waals surface area contributed by atoms with Crippen molar-refractivity contribution >= 4 is 15.9 Å². The molecule has 2 rings (SSSR count). The largest absolute Gasteiger partial charge is 0.469 e. The maximum Gasteiger partial charge on any atom is 0.105 e. The Hall–Kier alpha value is -1.06. The highest BCUT2D eigenvalue weighted by Gasteiger charge is 2.11. The van der Waals surface area contributed by atoms with Crippen LogP contribution in [0.5, 0.6) is 0 Å². The van der Waals surface area contributed by atoms with Gasteiger partial charge in [0.25, 0.3) is 0 Å². The minimum absolute atomic E-state index is 0.0354. The van der Waals surface area contributed by atoms with Gasteiger partial charge in [-0.3, -0.25) is 0 Å². The Balaban J connectivity index is 2.15. The third kappa shape index (κ3) is 2.49. The predicted molar refractivity (Wildman–Crippen MR) is 63.5 cm³/mol. The van der Waals surface area contributed by atoms with Crippen LogP contribution in [0.25, 0.3) is 0 Å². The van der Waals surface area contributed by atoms with Gasteiger partial charge in [0.05, 0.1) is 6.26 Å². The summed E-state index contributed by atoms with van der Waals surface area (Å²) in [7, 11) is 0. The maximum absolute atomic E-state index is 6.10. The molecule has 0 bridgehead atoms. The van der Waals surface area contributed by atoms with Crippen LogP contribution in [0.2, 0.25) is 0 Å². The molecule has 0 radical (unpaired) electrons. The number of furan rings is 1. The summed E-state index contributed by atoms with van der Waals surface area (Å²) in [5, 5.41) is 0. The van der Waals surface area contributed by atoms with Crippen LogP contribution in [0.1, 0.15) is 17.4 Å². The van der Waals surface area contributed by atoms with Gasteiger partial charge in [-0.05, 0) is 23.8 Å². The first-order chi connectivity index (χ1) is 7.27. The van der Waals surface area contributed by atoms with Crippen molar-refractivity contribution in [3.05, 3.63) is 58.5 Å². The highest BCUT2D eigenvalue weighted by Crippen LogP contribution is 2.24. The quantitative estimate of drug-likeness (QED) is 0.925. The molecule has 3 heteroatoms. The fourth-order valence-electron chi connectivity index (χ4n) is 1.53. The third-order valence-corrected chi connectivity index (χ3v) is 3.03. The highest BCUT2D eigenvalue weighted by atomic mass is 79.9. The van der Waals surface area contributed by atoms with Gasteiger partial charge in [-0.2, -0.15) is 0 Å². The molecule has 1 atom stereocenters. The molecule has 15 heavy (non-hydrogen) atoms. The van der Waals surface area contributed by atoms with Crippen LogP contribution in [0.3, 0.4) is 0 Å². The first-order valence-corrected chi connectivity index (χ1v) is 5.59. The van der Waals surface area contributed by atoms with E-state index in [1.165, 1.54) is 0 Å². The van der Waals surface area contributed by atoms with E-state index in [0.717, 1.165) is 22.2 Å². The zero-order valence-electron chi connectivity index (χ0n) is 8.19. The molecule has 1 aromatic carbocycles. The minimum Gasteiger partial charge on any atom is -0.469 e. The molecule has 2 aromatic rings. The summed E-state index contributed by atoms with van der Waals surface area (Å²) in [5.74, 6) is 0.915. The summed E-state index contributed by atoms with van der Waals surface area (Å²) in [6.45, 7) is 0. The molecule has 0 saturated heterocycles. The van der Waals surface area contributed by atoms with Crippen molar-refractivity contribution in [2.24, 2.45) is 5.73 Å². The Morgan fingerprint density at radius 3 is 2.67 bits per heavy atom. The van der Waals surface area contributed by atoms with Gasteiger partial charge >= 0.3 is 0 Å². The highest BCUT2D eigenvalue weighted by molar-refractivity contribution is 9.10. The van der Waals surface area contributed by atoms with E-state index in [4.69, 9.17) is 10.2 Å². The topological polar surface area (TPSA) is 39.2 Å². The molecule has 1 aromatic heterocycles. The fraction of sp³-hybridized carbons (Fsp3) is 0.167. The van der Waals surface area contributed by atoms with Crippen molar-refractivity contribution < 1.29 is 4.42 Å². The lowest BCUT2D eigenvalue weighted by Crippen LogP contribution is -2.13.